The average Bonchev–Trinajstić information content (AvgIpc) is 2.84. The number of rotatable bonds is 3. The standard InChI is InChI=1S/C22H26N2O.ClH/c25-22(10-9-17-11-13-23-14-12-17)24-15-18-5-1-3-7-20(18)21-8-4-2-6-19(21)16-24;/h1-8,17,23H,9-16H2;1H. The van der Waals surface area contributed by atoms with Gasteiger partial charge in [-0.25, -0.2) is 0 Å². The van der Waals surface area contributed by atoms with Crippen LogP contribution in [0.5, 0.6) is 0 Å². The van der Waals surface area contributed by atoms with E-state index < -0.39 is 0 Å². The summed E-state index contributed by atoms with van der Waals surface area (Å²) < 4.78 is 0. The number of hydrogen-bond donors (Lipinski definition) is 1. The summed E-state index contributed by atoms with van der Waals surface area (Å²) in [5, 5.41) is 3.40. The number of amides is 1. The van der Waals surface area contributed by atoms with Crippen molar-refractivity contribution in [3.63, 3.8) is 0 Å². The Kier molecular flexibility index (Phi) is 6.33. The van der Waals surface area contributed by atoms with Gasteiger partial charge >= 0.3 is 0 Å². The lowest BCUT2D eigenvalue weighted by Crippen LogP contribution is -2.31. The zero-order valence-electron chi connectivity index (χ0n) is 15.1. The number of hydrogen-bond acceptors (Lipinski definition) is 2. The third-order valence-electron chi connectivity index (χ3n) is 5.63. The molecule has 0 saturated carbocycles. The molecule has 1 fully saturated rings. The van der Waals surface area contributed by atoms with E-state index in [1.165, 1.54) is 35.1 Å². The molecule has 2 heterocycles. The van der Waals surface area contributed by atoms with Gasteiger partial charge in [0.2, 0.25) is 5.91 Å². The maximum atomic E-state index is 12.9. The molecule has 0 unspecified atom stereocenters. The molecule has 4 rings (SSSR count). The van der Waals surface area contributed by atoms with E-state index in [4.69, 9.17) is 0 Å². The van der Waals surface area contributed by atoms with E-state index in [0.717, 1.165) is 32.6 Å². The topological polar surface area (TPSA) is 32.3 Å². The van der Waals surface area contributed by atoms with Crippen LogP contribution in [0.2, 0.25) is 0 Å². The SMILES string of the molecule is Cl.O=C(CCC1CCNCC1)N1Cc2ccccc2-c2ccccc2C1. The van der Waals surface area contributed by atoms with Crippen molar-refractivity contribution in [2.75, 3.05) is 13.1 Å². The van der Waals surface area contributed by atoms with Crippen LogP contribution in [0.4, 0.5) is 0 Å². The normalized spacial score (nSPS) is 16.8. The molecule has 2 aliphatic rings. The summed E-state index contributed by atoms with van der Waals surface area (Å²) in [4.78, 5) is 15.0. The molecule has 2 aromatic carbocycles. The second kappa shape index (κ2) is 8.70. The van der Waals surface area contributed by atoms with Gasteiger partial charge in [0.05, 0.1) is 0 Å². The van der Waals surface area contributed by atoms with Gasteiger partial charge in [-0.15, -0.1) is 12.4 Å². The van der Waals surface area contributed by atoms with E-state index in [0.29, 0.717) is 18.2 Å². The summed E-state index contributed by atoms with van der Waals surface area (Å²) in [6.45, 7) is 3.64. The minimum absolute atomic E-state index is 0. The lowest BCUT2D eigenvalue weighted by Gasteiger charge is -2.25. The third-order valence-corrected chi connectivity index (χ3v) is 5.63. The van der Waals surface area contributed by atoms with Crippen molar-refractivity contribution in [3.8, 4) is 11.1 Å². The van der Waals surface area contributed by atoms with E-state index in [1.54, 1.807) is 0 Å². The Hall–Kier alpha value is -1.84. The van der Waals surface area contributed by atoms with E-state index in [1.807, 2.05) is 4.90 Å². The number of halogens is 1. The van der Waals surface area contributed by atoms with E-state index in [9.17, 15) is 4.79 Å². The largest absolute Gasteiger partial charge is 0.334 e. The number of carbonyl (C=O) groups is 1. The van der Waals surface area contributed by atoms with Gasteiger partial charge in [-0.3, -0.25) is 4.79 Å². The van der Waals surface area contributed by atoms with Gasteiger partial charge in [-0.1, -0.05) is 48.5 Å². The molecule has 3 nitrogen and oxygen atoms in total. The number of fused-ring (bicyclic) bond motifs is 3. The van der Waals surface area contributed by atoms with Crippen molar-refractivity contribution >= 4 is 18.3 Å². The summed E-state index contributed by atoms with van der Waals surface area (Å²) in [5.41, 5.74) is 5.05. The minimum Gasteiger partial charge on any atom is -0.334 e. The van der Waals surface area contributed by atoms with Gasteiger partial charge < -0.3 is 10.2 Å². The highest BCUT2D eigenvalue weighted by Crippen LogP contribution is 2.32. The number of carbonyl (C=O) groups excluding carboxylic acids is 1. The minimum atomic E-state index is 0. The molecule has 0 aliphatic carbocycles. The first-order chi connectivity index (χ1) is 12.3. The maximum absolute atomic E-state index is 12.9. The first-order valence-electron chi connectivity index (χ1n) is 9.46. The molecule has 0 aromatic heterocycles. The van der Waals surface area contributed by atoms with Crippen molar-refractivity contribution in [1.29, 1.82) is 0 Å². The van der Waals surface area contributed by atoms with Crippen LogP contribution >= 0.6 is 12.4 Å². The number of nitrogens with one attached hydrogen (secondary N) is 1. The maximum Gasteiger partial charge on any atom is 0.223 e. The fourth-order valence-electron chi connectivity index (χ4n) is 4.14. The Morgan fingerprint density at radius 1 is 0.923 bits per heavy atom. The summed E-state index contributed by atoms with van der Waals surface area (Å²) in [7, 11) is 0. The average molecular weight is 371 g/mol. The Balaban J connectivity index is 0.00000196. The van der Waals surface area contributed by atoms with Crippen LogP contribution in [0.15, 0.2) is 48.5 Å². The second-order valence-corrected chi connectivity index (χ2v) is 7.30. The number of nitrogens with zero attached hydrogens (tertiary/aromatic N) is 1. The van der Waals surface area contributed by atoms with E-state index in [-0.39, 0.29) is 12.4 Å². The molecule has 26 heavy (non-hydrogen) atoms. The first-order valence-corrected chi connectivity index (χ1v) is 9.46. The van der Waals surface area contributed by atoms with E-state index in [2.05, 4.69) is 53.8 Å². The molecule has 0 spiro atoms. The van der Waals surface area contributed by atoms with Crippen LogP contribution in [0.1, 0.15) is 36.8 Å². The Labute approximate surface area is 162 Å². The van der Waals surface area contributed by atoms with Gasteiger partial charge in [-0.2, -0.15) is 0 Å². The fraction of sp³-hybridized carbons (Fsp3) is 0.409. The van der Waals surface area contributed by atoms with E-state index >= 15 is 0 Å². The highest BCUT2D eigenvalue weighted by Gasteiger charge is 2.23. The molecule has 2 aliphatic heterocycles. The van der Waals surface area contributed by atoms with Crippen LogP contribution in [0.25, 0.3) is 11.1 Å². The van der Waals surface area contributed by atoms with Crippen molar-refractivity contribution in [2.24, 2.45) is 5.92 Å². The van der Waals surface area contributed by atoms with Crippen LogP contribution in [0, 0.1) is 5.92 Å². The molecule has 4 heteroatoms. The quantitative estimate of drug-likeness (QED) is 0.868. The molecular weight excluding hydrogens is 344 g/mol. The second-order valence-electron chi connectivity index (χ2n) is 7.30. The predicted molar refractivity (Wildman–Crippen MR) is 108 cm³/mol. The van der Waals surface area contributed by atoms with Crippen molar-refractivity contribution in [1.82, 2.24) is 10.2 Å². The molecule has 2 aromatic rings. The third kappa shape index (κ3) is 4.11. The lowest BCUT2D eigenvalue weighted by atomic mass is 9.93. The Morgan fingerprint density at radius 3 is 2.04 bits per heavy atom. The summed E-state index contributed by atoms with van der Waals surface area (Å²) >= 11 is 0. The molecular formula is C22H27ClN2O. The smallest absolute Gasteiger partial charge is 0.223 e. The first kappa shape index (κ1) is 18.9. The monoisotopic (exact) mass is 370 g/mol. The molecule has 0 bridgehead atoms. The van der Waals surface area contributed by atoms with Gasteiger partial charge in [-0.05, 0) is 60.5 Å². The zero-order valence-corrected chi connectivity index (χ0v) is 15.9. The summed E-state index contributed by atoms with van der Waals surface area (Å²) in [5.74, 6) is 1.00. The fourth-order valence-corrected chi connectivity index (χ4v) is 4.14. The number of benzene rings is 2. The number of piperidine rings is 1. The Morgan fingerprint density at radius 2 is 1.46 bits per heavy atom. The van der Waals surface area contributed by atoms with Crippen molar-refractivity contribution in [3.05, 3.63) is 59.7 Å². The van der Waals surface area contributed by atoms with Gasteiger partial charge in [0, 0.05) is 19.5 Å². The molecule has 138 valence electrons. The predicted octanol–water partition coefficient (Wildman–Crippen LogP) is 4.40. The lowest BCUT2D eigenvalue weighted by molar-refractivity contribution is -0.132. The van der Waals surface area contributed by atoms with Gasteiger partial charge in [0.15, 0.2) is 0 Å². The molecule has 0 radical (unpaired) electrons. The molecule has 1 amide bonds. The molecule has 0 atom stereocenters. The van der Waals surface area contributed by atoms with Crippen molar-refractivity contribution < 1.29 is 4.79 Å². The van der Waals surface area contributed by atoms with Crippen LogP contribution in [-0.4, -0.2) is 23.9 Å². The molecule has 1 saturated heterocycles. The Bertz CT molecular complexity index is 708. The molecule has 1 N–H and O–H groups in total. The van der Waals surface area contributed by atoms with Crippen LogP contribution < -0.4 is 5.32 Å². The zero-order chi connectivity index (χ0) is 17.1. The van der Waals surface area contributed by atoms with Crippen LogP contribution in [-0.2, 0) is 17.9 Å². The van der Waals surface area contributed by atoms with Crippen LogP contribution in [0.3, 0.4) is 0 Å². The summed E-state index contributed by atoms with van der Waals surface area (Å²) in [6.07, 6.45) is 4.12. The highest BCUT2D eigenvalue weighted by atomic mass is 35.5. The van der Waals surface area contributed by atoms with Crippen molar-refractivity contribution in [2.45, 2.75) is 38.8 Å². The van der Waals surface area contributed by atoms with Gasteiger partial charge in [0.25, 0.3) is 0 Å². The highest BCUT2D eigenvalue weighted by molar-refractivity contribution is 5.85. The summed E-state index contributed by atoms with van der Waals surface area (Å²) in [6, 6.07) is 17.0. The van der Waals surface area contributed by atoms with Gasteiger partial charge in [0.1, 0.15) is 0 Å².